The van der Waals surface area contributed by atoms with Crippen molar-refractivity contribution in [2.45, 2.75) is 26.3 Å². The van der Waals surface area contributed by atoms with Crippen LogP contribution in [-0.2, 0) is 0 Å². The van der Waals surface area contributed by atoms with E-state index < -0.39 is 5.91 Å². The fourth-order valence-electron chi connectivity index (χ4n) is 1.43. The summed E-state index contributed by atoms with van der Waals surface area (Å²) >= 11 is 0. The average molecular weight is 222 g/mol. The Morgan fingerprint density at radius 2 is 2.25 bits per heavy atom. The molecule has 1 aromatic rings. The predicted octanol–water partition coefficient (Wildman–Crippen LogP) is 2.00. The molecule has 1 atom stereocenters. The molecule has 0 fully saturated rings. The van der Waals surface area contributed by atoms with Gasteiger partial charge in [0.25, 0.3) is 5.91 Å². The molecule has 0 radical (unpaired) electrons. The van der Waals surface area contributed by atoms with Gasteiger partial charge in [0.2, 0.25) is 0 Å². The Bertz CT molecular complexity index is 377. The van der Waals surface area contributed by atoms with E-state index in [1.807, 2.05) is 6.07 Å². The molecule has 4 nitrogen and oxygen atoms in total. The van der Waals surface area contributed by atoms with Crippen LogP contribution in [0.2, 0.25) is 0 Å². The highest BCUT2D eigenvalue weighted by Crippen LogP contribution is 2.29. The van der Waals surface area contributed by atoms with E-state index in [0.717, 1.165) is 12.1 Å². The minimum Gasteiger partial charge on any atom is -0.494 e. The van der Waals surface area contributed by atoms with Crippen molar-refractivity contribution < 1.29 is 9.53 Å². The molecule has 1 aromatic carbocycles. The van der Waals surface area contributed by atoms with Gasteiger partial charge in [-0.25, -0.2) is 0 Å². The molecule has 0 aliphatic carbocycles. The number of methoxy groups -OCH3 is 1. The molecule has 1 amide bonds. The van der Waals surface area contributed by atoms with Crippen molar-refractivity contribution in [1.82, 2.24) is 0 Å². The summed E-state index contributed by atoms with van der Waals surface area (Å²) in [6.07, 6.45) is 0.990. The first kappa shape index (κ1) is 12.4. The summed E-state index contributed by atoms with van der Waals surface area (Å²) in [5.41, 5.74) is 6.47. The molecule has 1 rings (SSSR count). The topological polar surface area (TPSA) is 64.3 Å². The molecular weight excluding hydrogens is 204 g/mol. The summed E-state index contributed by atoms with van der Waals surface area (Å²) in [5.74, 6) is 0.0277. The van der Waals surface area contributed by atoms with Gasteiger partial charge in [0.15, 0.2) is 5.75 Å². The maximum Gasteiger partial charge on any atom is 0.252 e. The van der Waals surface area contributed by atoms with Gasteiger partial charge in [0.05, 0.1) is 18.4 Å². The van der Waals surface area contributed by atoms with Crippen molar-refractivity contribution in [2.24, 2.45) is 5.73 Å². The molecule has 0 aliphatic heterocycles. The number of ether oxygens (including phenoxy) is 1. The lowest BCUT2D eigenvalue weighted by Gasteiger charge is -2.17. The van der Waals surface area contributed by atoms with Crippen molar-refractivity contribution in [2.75, 3.05) is 12.4 Å². The minimum absolute atomic E-state index is 0.317. The molecule has 0 saturated heterocycles. The first-order chi connectivity index (χ1) is 7.60. The maximum atomic E-state index is 11.2. The number of carbonyl (C=O) groups is 1. The molecule has 0 aromatic heterocycles. The Morgan fingerprint density at radius 3 is 2.75 bits per heavy atom. The van der Waals surface area contributed by atoms with Crippen LogP contribution in [0.3, 0.4) is 0 Å². The Balaban J connectivity index is 3.08. The summed E-state index contributed by atoms with van der Waals surface area (Å²) in [6.45, 7) is 4.15. The molecule has 4 heteroatoms. The predicted molar refractivity (Wildman–Crippen MR) is 64.9 cm³/mol. The van der Waals surface area contributed by atoms with Crippen molar-refractivity contribution in [1.29, 1.82) is 0 Å². The van der Waals surface area contributed by atoms with Gasteiger partial charge in [-0.2, -0.15) is 0 Å². The Morgan fingerprint density at radius 1 is 1.56 bits per heavy atom. The lowest BCUT2D eigenvalue weighted by molar-refractivity contribution is 0.0997. The van der Waals surface area contributed by atoms with E-state index in [-0.39, 0.29) is 0 Å². The summed E-state index contributed by atoms with van der Waals surface area (Å²) in [4.78, 5) is 11.2. The molecule has 1 unspecified atom stereocenters. The lowest BCUT2D eigenvalue weighted by Crippen LogP contribution is -2.17. The monoisotopic (exact) mass is 222 g/mol. The first-order valence-electron chi connectivity index (χ1n) is 5.33. The normalized spacial score (nSPS) is 11.9. The quantitative estimate of drug-likeness (QED) is 0.801. The summed E-state index contributed by atoms with van der Waals surface area (Å²) in [6, 6.07) is 5.63. The average Bonchev–Trinajstić information content (AvgIpc) is 2.28. The zero-order chi connectivity index (χ0) is 12.1. The number of nitrogens with two attached hydrogens (primary N) is 1. The SMILES string of the molecule is CCC(C)Nc1cccc(C(N)=O)c1OC. The van der Waals surface area contributed by atoms with Gasteiger partial charge in [-0.3, -0.25) is 4.79 Å². The van der Waals surface area contributed by atoms with Gasteiger partial charge in [0.1, 0.15) is 0 Å². The van der Waals surface area contributed by atoms with E-state index in [0.29, 0.717) is 17.4 Å². The van der Waals surface area contributed by atoms with Gasteiger partial charge in [0, 0.05) is 6.04 Å². The summed E-state index contributed by atoms with van der Waals surface area (Å²) in [5, 5.41) is 3.27. The number of para-hydroxylation sites is 1. The highest BCUT2D eigenvalue weighted by Gasteiger charge is 2.13. The van der Waals surface area contributed by atoms with Gasteiger partial charge in [-0.1, -0.05) is 13.0 Å². The van der Waals surface area contributed by atoms with Crippen molar-refractivity contribution >= 4 is 11.6 Å². The van der Waals surface area contributed by atoms with Crippen LogP contribution in [0.4, 0.5) is 5.69 Å². The number of anilines is 1. The van der Waals surface area contributed by atoms with Gasteiger partial charge in [-0.05, 0) is 25.5 Å². The van der Waals surface area contributed by atoms with Crippen LogP contribution in [0.1, 0.15) is 30.6 Å². The third-order valence-electron chi connectivity index (χ3n) is 2.50. The van der Waals surface area contributed by atoms with Crippen molar-refractivity contribution in [3.05, 3.63) is 23.8 Å². The van der Waals surface area contributed by atoms with E-state index in [2.05, 4.69) is 19.2 Å². The second-order valence-corrected chi connectivity index (χ2v) is 3.70. The smallest absolute Gasteiger partial charge is 0.252 e. The number of carbonyl (C=O) groups excluding carboxylic acids is 1. The van der Waals surface area contributed by atoms with E-state index >= 15 is 0 Å². The molecule has 0 bridgehead atoms. The summed E-state index contributed by atoms with van der Waals surface area (Å²) < 4.78 is 5.22. The molecule has 0 aliphatic rings. The van der Waals surface area contributed by atoms with E-state index in [4.69, 9.17) is 10.5 Å². The van der Waals surface area contributed by atoms with E-state index in [1.54, 1.807) is 12.1 Å². The van der Waals surface area contributed by atoms with Crippen molar-refractivity contribution in [3.63, 3.8) is 0 Å². The highest BCUT2D eigenvalue weighted by molar-refractivity contribution is 5.97. The number of amides is 1. The van der Waals surface area contributed by atoms with E-state index in [9.17, 15) is 4.79 Å². The van der Waals surface area contributed by atoms with Crippen LogP contribution in [0.5, 0.6) is 5.75 Å². The Hall–Kier alpha value is -1.71. The molecule has 88 valence electrons. The Kier molecular flexibility index (Phi) is 4.17. The van der Waals surface area contributed by atoms with Crippen LogP contribution in [-0.4, -0.2) is 19.1 Å². The van der Waals surface area contributed by atoms with E-state index in [1.165, 1.54) is 7.11 Å². The fraction of sp³-hybridized carbons (Fsp3) is 0.417. The van der Waals surface area contributed by atoms with Crippen LogP contribution < -0.4 is 15.8 Å². The molecule has 0 saturated carbocycles. The Labute approximate surface area is 95.8 Å². The van der Waals surface area contributed by atoms with Crippen LogP contribution in [0, 0.1) is 0 Å². The number of rotatable bonds is 5. The maximum absolute atomic E-state index is 11.2. The van der Waals surface area contributed by atoms with Gasteiger partial charge < -0.3 is 15.8 Å². The lowest BCUT2D eigenvalue weighted by atomic mass is 10.1. The largest absolute Gasteiger partial charge is 0.494 e. The number of hydrogen-bond acceptors (Lipinski definition) is 3. The minimum atomic E-state index is -0.482. The first-order valence-corrected chi connectivity index (χ1v) is 5.33. The second kappa shape index (κ2) is 5.39. The summed E-state index contributed by atoms with van der Waals surface area (Å²) in [7, 11) is 1.53. The highest BCUT2D eigenvalue weighted by atomic mass is 16.5. The van der Waals surface area contributed by atoms with Crippen molar-refractivity contribution in [3.8, 4) is 5.75 Å². The number of primary amides is 1. The number of benzene rings is 1. The molecule has 0 heterocycles. The van der Waals surface area contributed by atoms with Gasteiger partial charge in [-0.15, -0.1) is 0 Å². The van der Waals surface area contributed by atoms with Gasteiger partial charge >= 0.3 is 0 Å². The zero-order valence-electron chi connectivity index (χ0n) is 9.91. The van der Waals surface area contributed by atoms with Crippen LogP contribution >= 0.6 is 0 Å². The molecule has 16 heavy (non-hydrogen) atoms. The number of hydrogen-bond donors (Lipinski definition) is 2. The van der Waals surface area contributed by atoms with Crippen LogP contribution in [0.15, 0.2) is 18.2 Å². The number of nitrogens with one attached hydrogen (secondary N) is 1. The molecule has 3 N–H and O–H groups in total. The molecule has 0 spiro atoms. The second-order valence-electron chi connectivity index (χ2n) is 3.70. The van der Waals surface area contributed by atoms with Crippen LogP contribution in [0.25, 0.3) is 0 Å². The third kappa shape index (κ3) is 2.66. The fourth-order valence-corrected chi connectivity index (χ4v) is 1.43. The zero-order valence-corrected chi connectivity index (χ0v) is 9.91. The standard InChI is InChI=1S/C12H18N2O2/c1-4-8(2)14-10-7-5-6-9(12(13)15)11(10)16-3/h5-8,14H,4H2,1-3H3,(H2,13,15). The third-order valence-corrected chi connectivity index (χ3v) is 2.50. The molecular formula is C12H18N2O2.